The fraction of sp³-hybridized carbons (Fsp3) is 0.364. The molecule has 0 fully saturated rings. The third-order valence-electron chi connectivity index (χ3n) is 2.14. The first-order valence-electron chi connectivity index (χ1n) is 4.94. The fourth-order valence-corrected chi connectivity index (χ4v) is 2.46. The van der Waals surface area contributed by atoms with Gasteiger partial charge >= 0.3 is 0 Å². The molecule has 0 aliphatic carbocycles. The highest BCUT2D eigenvalue weighted by Crippen LogP contribution is 2.10. The Labute approximate surface area is 96.0 Å². The summed E-state index contributed by atoms with van der Waals surface area (Å²) in [5.74, 6) is -0.0662. The van der Waals surface area contributed by atoms with Crippen molar-refractivity contribution < 1.29 is 8.42 Å². The summed E-state index contributed by atoms with van der Waals surface area (Å²) in [7, 11) is -3.59. The Morgan fingerprint density at radius 1 is 1.25 bits per heavy atom. The van der Waals surface area contributed by atoms with Crippen LogP contribution in [-0.4, -0.2) is 14.5 Å². The van der Waals surface area contributed by atoms with Gasteiger partial charge < -0.3 is 0 Å². The lowest BCUT2D eigenvalue weighted by atomic mass is 10.1. The van der Waals surface area contributed by atoms with Crippen LogP contribution in [0.3, 0.4) is 0 Å². The average molecular weight is 238 g/mol. The zero-order chi connectivity index (χ0) is 12.2. The minimum atomic E-state index is -3.59. The molecule has 1 N–H and O–H groups in total. The molecule has 0 amide bonds. The third-order valence-corrected chi connectivity index (χ3v) is 3.60. The molecule has 1 rings (SSSR count). The van der Waals surface area contributed by atoms with Crippen LogP contribution in [0.1, 0.15) is 13.8 Å². The molecule has 0 aliphatic heterocycles. The molecular weight excluding hydrogens is 224 g/mol. The molecular formula is C11H14N2O2S. The molecule has 0 saturated heterocycles. The van der Waals surface area contributed by atoms with E-state index in [4.69, 9.17) is 5.26 Å². The van der Waals surface area contributed by atoms with Crippen LogP contribution in [0.15, 0.2) is 35.2 Å². The molecule has 16 heavy (non-hydrogen) atoms. The first-order chi connectivity index (χ1) is 7.47. The highest BCUT2D eigenvalue weighted by molar-refractivity contribution is 7.89. The van der Waals surface area contributed by atoms with Crippen molar-refractivity contribution >= 4 is 10.0 Å². The van der Waals surface area contributed by atoms with E-state index in [0.717, 1.165) is 0 Å². The minimum Gasteiger partial charge on any atom is -0.207 e. The van der Waals surface area contributed by atoms with Gasteiger partial charge in [0.15, 0.2) is 0 Å². The van der Waals surface area contributed by atoms with Gasteiger partial charge in [-0.1, -0.05) is 32.0 Å². The maximum absolute atomic E-state index is 11.8. The van der Waals surface area contributed by atoms with Gasteiger partial charge in [0.25, 0.3) is 0 Å². The predicted molar refractivity (Wildman–Crippen MR) is 61.0 cm³/mol. The van der Waals surface area contributed by atoms with Crippen molar-refractivity contribution in [2.75, 3.05) is 0 Å². The molecule has 0 spiro atoms. The summed E-state index contributed by atoms with van der Waals surface area (Å²) in [6.45, 7) is 3.59. The summed E-state index contributed by atoms with van der Waals surface area (Å²) in [5.41, 5.74) is 0. The van der Waals surface area contributed by atoms with Crippen LogP contribution in [0.5, 0.6) is 0 Å². The van der Waals surface area contributed by atoms with Gasteiger partial charge in [-0.2, -0.15) is 9.98 Å². The lowest BCUT2D eigenvalue weighted by Gasteiger charge is -2.14. The number of nitrogens with one attached hydrogen (secondary N) is 1. The molecule has 86 valence electrons. The van der Waals surface area contributed by atoms with Gasteiger partial charge in [0.2, 0.25) is 10.0 Å². The Morgan fingerprint density at radius 3 is 2.25 bits per heavy atom. The SMILES string of the molecule is CC(C)C(C#N)NS(=O)(=O)c1ccccc1. The van der Waals surface area contributed by atoms with E-state index in [1.54, 1.807) is 32.0 Å². The summed E-state index contributed by atoms with van der Waals surface area (Å²) < 4.78 is 26.1. The average Bonchev–Trinajstić information content (AvgIpc) is 2.27. The standard InChI is InChI=1S/C11H14N2O2S/c1-9(2)11(8-12)13-16(14,15)10-6-4-3-5-7-10/h3-7,9,11,13H,1-2H3. The monoisotopic (exact) mass is 238 g/mol. The van der Waals surface area contributed by atoms with E-state index < -0.39 is 16.1 Å². The summed E-state index contributed by atoms with van der Waals surface area (Å²) in [5, 5.41) is 8.83. The Morgan fingerprint density at radius 2 is 1.81 bits per heavy atom. The molecule has 0 radical (unpaired) electrons. The Balaban J connectivity index is 2.94. The largest absolute Gasteiger partial charge is 0.241 e. The van der Waals surface area contributed by atoms with E-state index in [1.165, 1.54) is 12.1 Å². The second kappa shape index (κ2) is 5.10. The number of nitriles is 1. The normalized spacial score (nSPS) is 13.4. The van der Waals surface area contributed by atoms with Gasteiger partial charge in [0.05, 0.1) is 11.0 Å². The molecule has 0 aliphatic rings. The first-order valence-corrected chi connectivity index (χ1v) is 6.42. The Hall–Kier alpha value is -1.38. The molecule has 0 bridgehead atoms. The number of benzene rings is 1. The maximum Gasteiger partial charge on any atom is 0.241 e. The van der Waals surface area contributed by atoms with Crippen molar-refractivity contribution in [3.63, 3.8) is 0 Å². The van der Waals surface area contributed by atoms with Crippen LogP contribution in [0.25, 0.3) is 0 Å². The minimum absolute atomic E-state index is 0.0662. The number of rotatable bonds is 4. The van der Waals surface area contributed by atoms with Crippen LogP contribution in [0, 0.1) is 17.2 Å². The molecule has 5 heteroatoms. The number of nitrogens with zero attached hydrogens (tertiary/aromatic N) is 1. The van der Waals surface area contributed by atoms with E-state index in [-0.39, 0.29) is 10.8 Å². The number of hydrogen-bond donors (Lipinski definition) is 1. The van der Waals surface area contributed by atoms with Crippen LogP contribution in [-0.2, 0) is 10.0 Å². The highest BCUT2D eigenvalue weighted by atomic mass is 32.2. The molecule has 1 atom stereocenters. The van der Waals surface area contributed by atoms with Gasteiger partial charge in [-0.15, -0.1) is 0 Å². The predicted octanol–water partition coefficient (Wildman–Crippen LogP) is 1.51. The first kappa shape index (κ1) is 12.7. The Bertz CT molecular complexity index is 474. The topological polar surface area (TPSA) is 70.0 Å². The van der Waals surface area contributed by atoms with Crippen molar-refractivity contribution in [1.29, 1.82) is 5.26 Å². The zero-order valence-electron chi connectivity index (χ0n) is 9.21. The van der Waals surface area contributed by atoms with Gasteiger partial charge in [0.1, 0.15) is 6.04 Å². The molecule has 0 saturated carbocycles. The van der Waals surface area contributed by atoms with Crippen molar-refractivity contribution in [3.05, 3.63) is 30.3 Å². The summed E-state index contributed by atoms with van der Waals surface area (Å²) in [6.07, 6.45) is 0. The van der Waals surface area contributed by atoms with Gasteiger partial charge in [-0.25, -0.2) is 8.42 Å². The van der Waals surface area contributed by atoms with Crippen LogP contribution in [0.4, 0.5) is 0 Å². The maximum atomic E-state index is 11.8. The fourth-order valence-electron chi connectivity index (χ4n) is 1.15. The zero-order valence-corrected chi connectivity index (χ0v) is 10.0. The lowest BCUT2D eigenvalue weighted by molar-refractivity contribution is 0.515. The molecule has 1 aromatic carbocycles. The van der Waals surface area contributed by atoms with Crippen molar-refractivity contribution in [2.24, 2.45) is 5.92 Å². The van der Waals surface area contributed by atoms with Gasteiger partial charge in [-0.05, 0) is 18.1 Å². The second-order valence-electron chi connectivity index (χ2n) is 3.79. The molecule has 1 unspecified atom stereocenters. The van der Waals surface area contributed by atoms with Crippen LogP contribution >= 0.6 is 0 Å². The van der Waals surface area contributed by atoms with Crippen molar-refractivity contribution in [1.82, 2.24) is 4.72 Å². The lowest BCUT2D eigenvalue weighted by Crippen LogP contribution is -2.37. The summed E-state index contributed by atoms with van der Waals surface area (Å²) >= 11 is 0. The van der Waals surface area contributed by atoms with Crippen molar-refractivity contribution in [2.45, 2.75) is 24.8 Å². The highest BCUT2D eigenvalue weighted by Gasteiger charge is 2.21. The number of hydrogen-bond acceptors (Lipinski definition) is 3. The number of sulfonamides is 1. The van der Waals surface area contributed by atoms with Crippen LogP contribution < -0.4 is 4.72 Å². The molecule has 4 nitrogen and oxygen atoms in total. The summed E-state index contributed by atoms with van der Waals surface area (Å²) in [6, 6.07) is 9.26. The van der Waals surface area contributed by atoms with Gasteiger partial charge in [-0.3, -0.25) is 0 Å². The summed E-state index contributed by atoms with van der Waals surface area (Å²) in [4.78, 5) is 0.177. The van der Waals surface area contributed by atoms with Crippen LogP contribution in [0.2, 0.25) is 0 Å². The van der Waals surface area contributed by atoms with E-state index in [0.29, 0.717) is 0 Å². The smallest absolute Gasteiger partial charge is 0.207 e. The van der Waals surface area contributed by atoms with E-state index >= 15 is 0 Å². The van der Waals surface area contributed by atoms with E-state index in [1.807, 2.05) is 6.07 Å². The van der Waals surface area contributed by atoms with Gasteiger partial charge in [0, 0.05) is 0 Å². The van der Waals surface area contributed by atoms with E-state index in [9.17, 15) is 8.42 Å². The molecule has 0 aromatic heterocycles. The molecule has 1 aromatic rings. The third kappa shape index (κ3) is 3.05. The quantitative estimate of drug-likeness (QED) is 0.864. The Kier molecular flexibility index (Phi) is 4.05. The van der Waals surface area contributed by atoms with Crippen molar-refractivity contribution in [3.8, 4) is 6.07 Å². The van der Waals surface area contributed by atoms with E-state index in [2.05, 4.69) is 4.72 Å². The second-order valence-corrected chi connectivity index (χ2v) is 5.50. The molecule has 0 heterocycles.